The van der Waals surface area contributed by atoms with Crippen LogP contribution in [0.3, 0.4) is 0 Å². The Bertz CT molecular complexity index is 943. The molecular formula is C22H30N2O3S. The lowest BCUT2D eigenvalue weighted by atomic mass is 9.78. The Morgan fingerprint density at radius 3 is 1.82 bits per heavy atom. The molecule has 0 radical (unpaired) electrons. The van der Waals surface area contributed by atoms with E-state index in [0.29, 0.717) is 0 Å². The molecule has 0 aliphatic carbocycles. The van der Waals surface area contributed by atoms with Crippen LogP contribution in [0.2, 0.25) is 0 Å². The van der Waals surface area contributed by atoms with Crippen LogP contribution in [0.5, 0.6) is 5.75 Å². The molecule has 28 heavy (non-hydrogen) atoms. The number of aryl methyl sites for hydroxylation is 1. The van der Waals surface area contributed by atoms with Gasteiger partial charge < -0.3 is 5.11 Å². The molecule has 0 fully saturated rings. The van der Waals surface area contributed by atoms with Gasteiger partial charge >= 0.3 is 0 Å². The first kappa shape index (κ1) is 22.0. The topological polar surface area (TPSA) is 78.8 Å². The zero-order chi connectivity index (χ0) is 21.3. The number of phenolic OH excluding ortho intramolecular Hbond substituents is 1. The molecule has 0 unspecified atom stereocenters. The third kappa shape index (κ3) is 5.13. The Hall–Kier alpha value is -2.34. The molecule has 0 saturated carbocycles. The molecule has 0 saturated heterocycles. The third-order valence-corrected chi connectivity index (χ3v) is 5.70. The average Bonchev–Trinajstić information content (AvgIpc) is 2.54. The van der Waals surface area contributed by atoms with Crippen molar-refractivity contribution >= 4 is 16.2 Å². The second-order valence-corrected chi connectivity index (χ2v) is 10.8. The first-order chi connectivity index (χ1) is 12.7. The quantitative estimate of drug-likeness (QED) is 0.579. The largest absolute Gasteiger partial charge is 0.507 e. The van der Waals surface area contributed by atoms with Gasteiger partial charge in [-0.15, -0.1) is 0 Å². The van der Waals surface area contributed by atoms with Crippen molar-refractivity contribution in [3.05, 3.63) is 58.7 Å². The molecular weight excluding hydrogens is 372 g/mol. The van der Waals surface area contributed by atoms with E-state index in [1.807, 2.05) is 60.6 Å². The lowest BCUT2D eigenvalue weighted by Gasteiger charge is -2.27. The van der Waals surface area contributed by atoms with Crippen LogP contribution in [0.1, 0.15) is 63.8 Å². The summed E-state index contributed by atoms with van der Waals surface area (Å²) >= 11 is 0. The Kier molecular flexibility index (Phi) is 5.95. The third-order valence-electron chi connectivity index (χ3n) is 4.47. The van der Waals surface area contributed by atoms with Gasteiger partial charge in [0.05, 0.1) is 11.1 Å². The molecule has 0 heterocycles. The molecule has 0 bridgehead atoms. The Morgan fingerprint density at radius 2 is 1.39 bits per heavy atom. The molecule has 0 spiro atoms. The smallest absolute Gasteiger partial charge is 0.276 e. The Morgan fingerprint density at radius 1 is 0.929 bits per heavy atom. The number of sulfonamides is 1. The van der Waals surface area contributed by atoms with Gasteiger partial charge in [-0.1, -0.05) is 59.2 Å². The van der Waals surface area contributed by atoms with Crippen molar-refractivity contribution in [2.45, 2.75) is 64.2 Å². The first-order valence-corrected chi connectivity index (χ1v) is 10.7. The van der Waals surface area contributed by atoms with Gasteiger partial charge in [0, 0.05) is 11.1 Å². The van der Waals surface area contributed by atoms with Crippen molar-refractivity contribution in [3.63, 3.8) is 0 Å². The fourth-order valence-corrected chi connectivity index (χ4v) is 3.61. The number of rotatable bonds is 4. The first-order valence-electron chi connectivity index (χ1n) is 9.21. The lowest BCUT2D eigenvalue weighted by Crippen LogP contribution is -2.19. The summed E-state index contributed by atoms with van der Waals surface area (Å²) in [4.78, 5) is 2.41. The number of hydrogen-bond acceptors (Lipinski definition) is 4. The van der Waals surface area contributed by atoms with Gasteiger partial charge in [-0.3, -0.25) is 0 Å². The predicted octanol–water partition coefficient (Wildman–Crippen LogP) is 4.61. The minimum absolute atomic E-state index is 0.159. The fourth-order valence-electron chi connectivity index (χ4n) is 2.82. The zero-order valence-corrected chi connectivity index (χ0v) is 18.5. The number of nitrogens with zero attached hydrogens (tertiary/aromatic N) is 1. The van der Waals surface area contributed by atoms with Crippen LogP contribution in [-0.4, -0.2) is 19.7 Å². The highest BCUT2D eigenvalue weighted by Crippen LogP contribution is 2.39. The summed E-state index contributed by atoms with van der Waals surface area (Å²) in [6, 6.07) is 10.3. The summed E-state index contributed by atoms with van der Waals surface area (Å²) in [6.07, 6.45) is 1.47. The number of phenols is 1. The lowest BCUT2D eigenvalue weighted by molar-refractivity contribution is 0.423. The average molecular weight is 403 g/mol. The van der Waals surface area contributed by atoms with Gasteiger partial charge in [0.2, 0.25) is 0 Å². The van der Waals surface area contributed by atoms with Gasteiger partial charge in [0.1, 0.15) is 5.75 Å². The van der Waals surface area contributed by atoms with Gasteiger partial charge in [0.25, 0.3) is 10.0 Å². The Balaban J connectivity index is 2.39. The zero-order valence-electron chi connectivity index (χ0n) is 17.7. The second kappa shape index (κ2) is 7.59. The number of hydrazone groups is 1. The van der Waals surface area contributed by atoms with E-state index in [1.54, 1.807) is 24.3 Å². The molecule has 0 aromatic heterocycles. The van der Waals surface area contributed by atoms with E-state index in [2.05, 4.69) is 9.93 Å². The van der Waals surface area contributed by atoms with Crippen molar-refractivity contribution in [2.24, 2.45) is 5.10 Å². The second-order valence-electron chi connectivity index (χ2n) is 9.13. The standard InChI is InChI=1S/C22H30N2O3S/c1-15-8-10-17(11-9-15)28(26,27)24-23-14-16-12-18(21(2,3)4)20(25)19(13-16)22(5,6)7/h8-14,24-25H,1-7H3. The Labute approximate surface area is 168 Å². The fraction of sp³-hybridized carbons (Fsp3) is 0.409. The highest BCUT2D eigenvalue weighted by Gasteiger charge is 2.26. The van der Waals surface area contributed by atoms with E-state index >= 15 is 0 Å². The van der Waals surface area contributed by atoms with Crippen LogP contribution in [0.4, 0.5) is 0 Å². The monoisotopic (exact) mass is 402 g/mol. The highest BCUT2D eigenvalue weighted by molar-refractivity contribution is 7.89. The number of hydrogen-bond donors (Lipinski definition) is 2. The normalized spacial score (nSPS) is 13.1. The maximum absolute atomic E-state index is 12.4. The van der Waals surface area contributed by atoms with E-state index in [1.165, 1.54) is 6.21 Å². The molecule has 6 heteroatoms. The number of aromatic hydroxyl groups is 1. The molecule has 152 valence electrons. The van der Waals surface area contributed by atoms with Crippen molar-refractivity contribution < 1.29 is 13.5 Å². The molecule has 5 nitrogen and oxygen atoms in total. The molecule has 2 rings (SSSR count). The van der Waals surface area contributed by atoms with Gasteiger partial charge in [-0.05, 0) is 47.6 Å². The molecule has 2 aromatic rings. The molecule has 2 aromatic carbocycles. The van der Waals surface area contributed by atoms with Crippen molar-refractivity contribution in [3.8, 4) is 5.75 Å². The number of benzene rings is 2. The highest BCUT2D eigenvalue weighted by atomic mass is 32.2. The van der Waals surface area contributed by atoms with Crippen LogP contribution < -0.4 is 4.83 Å². The maximum Gasteiger partial charge on any atom is 0.276 e. The summed E-state index contributed by atoms with van der Waals surface area (Å²) in [6.45, 7) is 14.0. The van der Waals surface area contributed by atoms with Gasteiger partial charge in [-0.25, -0.2) is 4.83 Å². The van der Waals surface area contributed by atoms with E-state index in [0.717, 1.165) is 22.3 Å². The molecule has 0 aliphatic rings. The molecule has 0 amide bonds. The summed E-state index contributed by atoms with van der Waals surface area (Å²) in [7, 11) is -3.73. The van der Waals surface area contributed by atoms with Crippen LogP contribution in [0.15, 0.2) is 46.4 Å². The number of nitrogens with one attached hydrogen (secondary N) is 1. The molecule has 2 N–H and O–H groups in total. The SMILES string of the molecule is Cc1ccc(S(=O)(=O)NN=Cc2cc(C(C)(C)C)c(O)c(C(C)(C)C)c2)cc1. The minimum atomic E-state index is -3.73. The van der Waals surface area contributed by atoms with Gasteiger partial charge in [-0.2, -0.15) is 13.5 Å². The van der Waals surface area contributed by atoms with Crippen LogP contribution in [-0.2, 0) is 20.9 Å². The van der Waals surface area contributed by atoms with Gasteiger partial charge in [0.15, 0.2) is 0 Å². The van der Waals surface area contributed by atoms with E-state index in [-0.39, 0.29) is 21.5 Å². The van der Waals surface area contributed by atoms with E-state index in [9.17, 15) is 13.5 Å². The molecule has 0 aliphatic heterocycles. The maximum atomic E-state index is 12.4. The van der Waals surface area contributed by atoms with E-state index < -0.39 is 10.0 Å². The summed E-state index contributed by atoms with van der Waals surface area (Å²) in [5, 5.41) is 14.7. The van der Waals surface area contributed by atoms with Crippen molar-refractivity contribution in [1.82, 2.24) is 4.83 Å². The minimum Gasteiger partial charge on any atom is -0.507 e. The molecule has 0 atom stereocenters. The van der Waals surface area contributed by atoms with Crippen LogP contribution >= 0.6 is 0 Å². The summed E-state index contributed by atoms with van der Waals surface area (Å²) in [5.41, 5.74) is 2.76. The van der Waals surface area contributed by atoms with Crippen molar-refractivity contribution in [2.75, 3.05) is 0 Å². The van der Waals surface area contributed by atoms with E-state index in [4.69, 9.17) is 0 Å². The predicted molar refractivity (Wildman–Crippen MR) is 115 cm³/mol. The van der Waals surface area contributed by atoms with Crippen LogP contribution in [0.25, 0.3) is 0 Å². The summed E-state index contributed by atoms with van der Waals surface area (Å²) in [5.74, 6) is 0.275. The summed E-state index contributed by atoms with van der Waals surface area (Å²) < 4.78 is 24.8. The van der Waals surface area contributed by atoms with Crippen LogP contribution in [0, 0.1) is 6.92 Å². The van der Waals surface area contributed by atoms with Crippen molar-refractivity contribution in [1.29, 1.82) is 0 Å².